The highest BCUT2D eigenvalue weighted by Gasteiger charge is 2.57. The van der Waals surface area contributed by atoms with Gasteiger partial charge in [-0.15, -0.1) is 0 Å². The molecule has 1 unspecified atom stereocenters. The molecule has 0 fully saturated rings. The number of nitrogens with zero attached hydrogens (tertiary/aromatic N) is 1. The summed E-state index contributed by atoms with van der Waals surface area (Å²) in [6.07, 6.45) is 2.78. The Balaban J connectivity index is 1.39. The summed E-state index contributed by atoms with van der Waals surface area (Å²) in [4.78, 5) is 29.0. The highest BCUT2D eigenvalue weighted by Crippen LogP contribution is 2.54. The Morgan fingerprint density at radius 1 is 1.03 bits per heavy atom. The third-order valence-corrected chi connectivity index (χ3v) is 7.37. The molecule has 0 aliphatic carbocycles. The fraction of sp³-hybridized carbons (Fsp3) is 0.310. The van der Waals surface area contributed by atoms with Crippen LogP contribution in [0.3, 0.4) is 0 Å². The van der Waals surface area contributed by atoms with Gasteiger partial charge in [0.15, 0.2) is 0 Å². The molecule has 3 heterocycles. The van der Waals surface area contributed by atoms with Gasteiger partial charge in [0.2, 0.25) is 5.91 Å². The minimum Gasteiger partial charge on any atom is -0.493 e. The minimum atomic E-state index is -0.887. The van der Waals surface area contributed by atoms with E-state index in [2.05, 4.69) is 18.3 Å². The Bertz CT molecular complexity index is 1330. The number of rotatable bonds is 6. The summed E-state index contributed by atoms with van der Waals surface area (Å²) in [6.45, 7) is 3.97. The fourth-order valence-electron chi connectivity index (χ4n) is 5.53. The maximum absolute atomic E-state index is 14.3. The van der Waals surface area contributed by atoms with Crippen LogP contribution in [0.4, 0.5) is 5.69 Å². The van der Waals surface area contributed by atoms with Gasteiger partial charge in [0.25, 0.3) is 5.91 Å². The molecule has 3 aliphatic rings. The van der Waals surface area contributed by atoms with Crippen LogP contribution in [0.15, 0.2) is 60.7 Å². The van der Waals surface area contributed by atoms with E-state index in [1.54, 1.807) is 0 Å². The molecule has 0 saturated heterocycles. The van der Waals surface area contributed by atoms with Crippen molar-refractivity contribution in [1.29, 1.82) is 0 Å². The average molecular weight is 469 g/mol. The molecule has 1 atom stereocenters. The van der Waals surface area contributed by atoms with Crippen LogP contribution in [-0.2, 0) is 23.2 Å². The fourth-order valence-corrected chi connectivity index (χ4v) is 5.53. The van der Waals surface area contributed by atoms with E-state index in [9.17, 15) is 9.59 Å². The Morgan fingerprint density at radius 2 is 1.86 bits per heavy atom. The van der Waals surface area contributed by atoms with Gasteiger partial charge >= 0.3 is 0 Å². The monoisotopic (exact) mass is 468 g/mol. The van der Waals surface area contributed by atoms with Crippen LogP contribution in [0.1, 0.15) is 52.4 Å². The molecular formula is C29H28N2O4. The standard InChI is InChI=1S/C29H28N2O4/c1-2-3-13-30-27(32)21-9-5-4-8-20(21)17-31-24-11-7-6-10-22(24)29(28(31)33)18-35-26-16-25-19(12-14-34-25)15-23(26)29/h4-11,15-16H,2-3,12-14,17-18H2,1H3,(H,30,32). The SMILES string of the molecule is CCCCNC(=O)c1ccccc1CN1C(=O)C2(COc3cc4c(cc32)CCO4)c2ccccc21. The lowest BCUT2D eigenvalue weighted by Crippen LogP contribution is -2.42. The van der Waals surface area contributed by atoms with Crippen molar-refractivity contribution >= 4 is 17.5 Å². The van der Waals surface area contributed by atoms with Gasteiger partial charge in [0.05, 0.1) is 13.2 Å². The first kappa shape index (κ1) is 21.7. The van der Waals surface area contributed by atoms with Gasteiger partial charge in [0.1, 0.15) is 23.5 Å². The van der Waals surface area contributed by atoms with E-state index in [4.69, 9.17) is 9.47 Å². The molecular weight excluding hydrogens is 440 g/mol. The lowest BCUT2D eigenvalue weighted by Gasteiger charge is -2.24. The van der Waals surface area contributed by atoms with Gasteiger partial charge in [-0.05, 0) is 41.3 Å². The molecule has 2 amide bonds. The van der Waals surface area contributed by atoms with Crippen LogP contribution in [0.25, 0.3) is 0 Å². The van der Waals surface area contributed by atoms with Crippen molar-refractivity contribution in [3.05, 3.63) is 88.5 Å². The molecule has 6 nitrogen and oxygen atoms in total. The summed E-state index contributed by atoms with van der Waals surface area (Å²) >= 11 is 0. The van der Waals surface area contributed by atoms with Crippen molar-refractivity contribution < 1.29 is 19.1 Å². The predicted octanol–water partition coefficient (Wildman–Crippen LogP) is 4.38. The van der Waals surface area contributed by atoms with Gasteiger partial charge in [-0.1, -0.05) is 49.7 Å². The lowest BCUT2D eigenvalue weighted by molar-refractivity contribution is -0.122. The molecule has 3 aliphatic heterocycles. The van der Waals surface area contributed by atoms with Crippen molar-refractivity contribution in [2.75, 3.05) is 24.7 Å². The number of benzene rings is 3. The number of nitrogens with one attached hydrogen (secondary N) is 1. The van der Waals surface area contributed by atoms with E-state index in [1.807, 2.05) is 59.5 Å². The third-order valence-electron chi connectivity index (χ3n) is 7.37. The summed E-state index contributed by atoms with van der Waals surface area (Å²) in [5.74, 6) is 1.44. The van der Waals surface area contributed by atoms with Crippen molar-refractivity contribution in [1.82, 2.24) is 5.32 Å². The Morgan fingerprint density at radius 3 is 2.74 bits per heavy atom. The van der Waals surface area contributed by atoms with Crippen molar-refractivity contribution in [2.45, 2.75) is 38.1 Å². The number of amides is 2. The molecule has 0 radical (unpaired) electrons. The lowest BCUT2D eigenvalue weighted by atomic mass is 9.76. The first-order chi connectivity index (χ1) is 17.1. The Kier molecular flexibility index (Phi) is 5.24. The molecule has 0 saturated carbocycles. The maximum Gasteiger partial charge on any atom is 0.251 e. The second-order valence-corrected chi connectivity index (χ2v) is 9.42. The Labute approximate surface area is 204 Å². The van der Waals surface area contributed by atoms with E-state index in [-0.39, 0.29) is 18.4 Å². The van der Waals surface area contributed by atoms with Crippen LogP contribution in [0, 0.1) is 0 Å². The van der Waals surface area contributed by atoms with Gasteiger partial charge in [-0.25, -0.2) is 0 Å². The van der Waals surface area contributed by atoms with Crippen LogP contribution in [0.2, 0.25) is 0 Å². The molecule has 6 heteroatoms. The number of ether oxygens (including phenoxy) is 2. The van der Waals surface area contributed by atoms with Gasteiger partial charge in [-0.2, -0.15) is 0 Å². The second-order valence-electron chi connectivity index (χ2n) is 9.42. The molecule has 0 bridgehead atoms. The first-order valence-electron chi connectivity index (χ1n) is 12.3. The van der Waals surface area contributed by atoms with Crippen molar-refractivity contribution in [2.24, 2.45) is 0 Å². The zero-order valence-electron chi connectivity index (χ0n) is 19.8. The maximum atomic E-state index is 14.3. The van der Waals surface area contributed by atoms with E-state index in [0.29, 0.717) is 31.0 Å². The van der Waals surface area contributed by atoms with Gasteiger partial charge in [-0.3, -0.25) is 9.59 Å². The van der Waals surface area contributed by atoms with E-state index >= 15 is 0 Å². The van der Waals surface area contributed by atoms with E-state index in [0.717, 1.165) is 53.0 Å². The first-order valence-corrected chi connectivity index (χ1v) is 12.3. The quantitative estimate of drug-likeness (QED) is 0.546. The minimum absolute atomic E-state index is 0.0162. The van der Waals surface area contributed by atoms with Gasteiger partial charge < -0.3 is 19.7 Å². The number of anilines is 1. The van der Waals surface area contributed by atoms with Crippen LogP contribution < -0.4 is 19.7 Å². The molecule has 3 aromatic rings. The number of carbonyl (C=O) groups excluding carboxylic acids is 2. The van der Waals surface area contributed by atoms with E-state index in [1.165, 1.54) is 0 Å². The molecule has 178 valence electrons. The number of hydrogen-bond donors (Lipinski definition) is 1. The summed E-state index contributed by atoms with van der Waals surface area (Å²) in [7, 11) is 0. The zero-order chi connectivity index (χ0) is 24.0. The van der Waals surface area contributed by atoms with Crippen LogP contribution in [0.5, 0.6) is 11.5 Å². The van der Waals surface area contributed by atoms with Crippen molar-refractivity contribution in [3.63, 3.8) is 0 Å². The summed E-state index contributed by atoms with van der Waals surface area (Å²) in [6, 6.07) is 19.5. The zero-order valence-corrected chi connectivity index (χ0v) is 19.8. The van der Waals surface area contributed by atoms with Crippen LogP contribution in [-0.4, -0.2) is 31.6 Å². The highest BCUT2D eigenvalue weighted by atomic mass is 16.5. The smallest absolute Gasteiger partial charge is 0.251 e. The largest absolute Gasteiger partial charge is 0.493 e. The number of carbonyl (C=O) groups is 2. The highest BCUT2D eigenvalue weighted by molar-refractivity contribution is 6.11. The molecule has 1 N–H and O–H groups in total. The normalized spacial score (nSPS) is 19.2. The number of hydrogen-bond acceptors (Lipinski definition) is 4. The second kappa shape index (κ2) is 8.45. The molecule has 3 aromatic carbocycles. The van der Waals surface area contributed by atoms with Gasteiger partial charge in [0, 0.05) is 35.8 Å². The topological polar surface area (TPSA) is 67.9 Å². The average Bonchev–Trinajstić information content (AvgIpc) is 3.56. The predicted molar refractivity (Wildman–Crippen MR) is 133 cm³/mol. The number of unbranched alkanes of at least 4 members (excludes halogenated alkanes) is 1. The number of fused-ring (bicyclic) bond motifs is 5. The summed E-state index contributed by atoms with van der Waals surface area (Å²) in [5.41, 5.74) is 4.39. The molecule has 1 spiro atoms. The summed E-state index contributed by atoms with van der Waals surface area (Å²) < 4.78 is 11.8. The molecule has 0 aromatic heterocycles. The Hall–Kier alpha value is -3.80. The molecule has 6 rings (SSSR count). The summed E-state index contributed by atoms with van der Waals surface area (Å²) in [5, 5.41) is 3.01. The van der Waals surface area contributed by atoms with Crippen molar-refractivity contribution in [3.8, 4) is 11.5 Å². The van der Waals surface area contributed by atoms with Crippen LogP contribution >= 0.6 is 0 Å². The number of para-hydroxylation sites is 1. The molecule has 35 heavy (non-hydrogen) atoms. The van der Waals surface area contributed by atoms with E-state index < -0.39 is 5.41 Å². The third kappa shape index (κ3) is 3.31.